The maximum Gasteiger partial charge on any atom is 0.252 e. The van der Waals surface area contributed by atoms with Gasteiger partial charge in [0.1, 0.15) is 0 Å². The largest absolute Gasteiger partial charge is 0.391 e. The summed E-state index contributed by atoms with van der Waals surface area (Å²) < 4.78 is 0.644. The monoisotopic (exact) mass is 333 g/mol. The fraction of sp³-hybridized carbons (Fsp3) is 0.462. The molecule has 2 unspecified atom stereocenters. The number of hydrogen-bond donors (Lipinski definition) is 2. The van der Waals surface area contributed by atoms with Crippen LogP contribution in [-0.4, -0.2) is 23.7 Å². The summed E-state index contributed by atoms with van der Waals surface area (Å²) in [7, 11) is 0. The summed E-state index contributed by atoms with van der Waals surface area (Å²) in [5.41, 5.74) is 0.510. The molecule has 0 heterocycles. The lowest BCUT2D eigenvalue weighted by atomic mass is 10.0. The van der Waals surface area contributed by atoms with Crippen LogP contribution in [-0.2, 0) is 0 Å². The summed E-state index contributed by atoms with van der Waals surface area (Å²) in [6.07, 6.45) is 0.354. The highest BCUT2D eigenvalue weighted by atomic mass is 79.9. The van der Waals surface area contributed by atoms with Crippen molar-refractivity contribution in [2.45, 2.75) is 26.4 Å². The molecular weight excluding hydrogens is 318 g/mol. The standard InChI is InChI=1S/C13H17BrClNO2/c1-3-8(2)12(17)7-16-13(18)10-5-4-9(15)6-11(10)14/h4-6,8,12,17H,3,7H2,1-2H3,(H,16,18). The molecule has 0 aliphatic carbocycles. The van der Waals surface area contributed by atoms with E-state index in [9.17, 15) is 9.90 Å². The average Bonchev–Trinajstić information content (AvgIpc) is 2.34. The van der Waals surface area contributed by atoms with E-state index in [-0.39, 0.29) is 18.4 Å². The Morgan fingerprint density at radius 1 is 1.56 bits per heavy atom. The number of amides is 1. The van der Waals surface area contributed by atoms with Gasteiger partial charge in [0, 0.05) is 16.0 Å². The summed E-state index contributed by atoms with van der Waals surface area (Å²) in [6.45, 7) is 4.21. The van der Waals surface area contributed by atoms with Gasteiger partial charge in [0.2, 0.25) is 0 Å². The number of nitrogens with one attached hydrogen (secondary N) is 1. The van der Waals surface area contributed by atoms with Crippen LogP contribution in [0.2, 0.25) is 5.02 Å². The highest BCUT2D eigenvalue weighted by Gasteiger charge is 2.15. The molecule has 0 saturated heterocycles. The van der Waals surface area contributed by atoms with Crippen LogP contribution in [0.3, 0.4) is 0 Å². The predicted molar refractivity (Wildman–Crippen MR) is 76.9 cm³/mol. The van der Waals surface area contributed by atoms with Gasteiger partial charge in [-0.2, -0.15) is 0 Å². The second-order valence-corrected chi connectivity index (χ2v) is 5.58. The van der Waals surface area contributed by atoms with Crippen LogP contribution in [0.5, 0.6) is 0 Å². The van der Waals surface area contributed by atoms with Gasteiger partial charge in [0.25, 0.3) is 5.91 Å². The number of rotatable bonds is 5. The van der Waals surface area contributed by atoms with E-state index in [2.05, 4.69) is 21.2 Å². The van der Waals surface area contributed by atoms with Crippen molar-refractivity contribution in [3.8, 4) is 0 Å². The second-order valence-electron chi connectivity index (χ2n) is 4.29. The van der Waals surface area contributed by atoms with Crippen molar-refractivity contribution in [1.29, 1.82) is 0 Å². The lowest BCUT2D eigenvalue weighted by Gasteiger charge is -2.17. The van der Waals surface area contributed by atoms with Crippen molar-refractivity contribution in [2.75, 3.05) is 6.54 Å². The third-order valence-corrected chi connectivity index (χ3v) is 3.84. The fourth-order valence-corrected chi connectivity index (χ4v) is 2.30. The highest BCUT2D eigenvalue weighted by molar-refractivity contribution is 9.10. The molecule has 0 aromatic heterocycles. The van der Waals surface area contributed by atoms with Crippen molar-refractivity contribution >= 4 is 33.4 Å². The van der Waals surface area contributed by atoms with Gasteiger partial charge in [-0.1, -0.05) is 31.9 Å². The zero-order valence-electron chi connectivity index (χ0n) is 10.4. The molecule has 0 aliphatic heterocycles. The molecule has 0 fully saturated rings. The maximum atomic E-state index is 11.9. The van der Waals surface area contributed by atoms with Crippen LogP contribution in [0.25, 0.3) is 0 Å². The lowest BCUT2D eigenvalue weighted by molar-refractivity contribution is 0.0849. The molecule has 2 atom stereocenters. The van der Waals surface area contributed by atoms with Crippen LogP contribution >= 0.6 is 27.5 Å². The smallest absolute Gasteiger partial charge is 0.252 e. The average molecular weight is 335 g/mol. The lowest BCUT2D eigenvalue weighted by Crippen LogP contribution is -2.35. The van der Waals surface area contributed by atoms with E-state index in [4.69, 9.17) is 11.6 Å². The topological polar surface area (TPSA) is 49.3 Å². The quantitative estimate of drug-likeness (QED) is 0.868. The van der Waals surface area contributed by atoms with Gasteiger partial charge in [0.15, 0.2) is 0 Å². The summed E-state index contributed by atoms with van der Waals surface area (Å²) in [4.78, 5) is 11.9. The fourth-order valence-electron chi connectivity index (χ4n) is 1.44. The van der Waals surface area contributed by atoms with Gasteiger partial charge in [-0.05, 0) is 40.0 Å². The Bertz CT molecular complexity index is 425. The minimum atomic E-state index is -0.523. The molecule has 3 nitrogen and oxygen atoms in total. The van der Waals surface area contributed by atoms with Crippen molar-refractivity contribution in [1.82, 2.24) is 5.32 Å². The number of carbonyl (C=O) groups excluding carboxylic acids is 1. The van der Waals surface area contributed by atoms with E-state index in [1.807, 2.05) is 13.8 Å². The molecule has 1 aromatic rings. The molecule has 5 heteroatoms. The van der Waals surface area contributed by atoms with Gasteiger partial charge in [-0.3, -0.25) is 4.79 Å². The van der Waals surface area contributed by atoms with Crippen LogP contribution in [0, 0.1) is 5.92 Å². The molecule has 0 saturated carbocycles. The molecule has 0 bridgehead atoms. The van der Waals surface area contributed by atoms with E-state index >= 15 is 0 Å². The maximum absolute atomic E-state index is 11.9. The molecule has 0 aliphatic rings. The molecule has 1 amide bonds. The molecule has 0 radical (unpaired) electrons. The van der Waals surface area contributed by atoms with Crippen LogP contribution in [0.15, 0.2) is 22.7 Å². The SMILES string of the molecule is CCC(C)C(O)CNC(=O)c1ccc(Cl)cc1Br. The van der Waals surface area contributed by atoms with Gasteiger partial charge in [-0.15, -0.1) is 0 Å². The summed E-state index contributed by atoms with van der Waals surface area (Å²) in [5, 5.41) is 13.1. The zero-order valence-corrected chi connectivity index (χ0v) is 12.8. The first kappa shape index (κ1) is 15.5. The van der Waals surface area contributed by atoms with Crippen molar-refractivity contribution in [3.63, 3.8) is 0 Å². The molecule has 1 aromatic carbocycles. The number of aliphatic hydroxyl groups excluding tert-OH is 1. The normalized spacial score (nSPS) is 14.1. The second kappa shape index (κ2) is 7.12. The highest BCUT2D eigenvalue weighted by Crippen LogP contribution is 2.21. The minimum absolute atomic E-state index is 0.166. The van der Waals surface area contributed by atoms with E-state index < -0.39 is 6.10 Å². The van der Waals surface area contributed by atoms with Crippen molar-refractivity contribution < 1.29 is 9.90 Å². The Kier molecular flexibility index (Phi) is 6.12. The molecule has 0 spiro atoms. The van der Waals surface area contributed by atoms with E-state index in [1.54, 1.807) is 18.2 Å². The first-order valence-electron chi connectivity index (χ1n) is 5.87. The van der Waals surface area contributed by atoms with Crippen LogP contribution in [0.1, 0.15) is 30.6 Å². The number of benzene rings is 1. The van der Waals surface area contributed by atoms with Gasteiger partial charge >= 0.3 is 0 Å². The van der Waals surface area contributed by atoms with Gasteiger partial charge < -0.3 is 10.4 Å². The molecule has 1 rings (SSSR count). The minimum Gasteiger partial charge on any atom is -0.391 e. The Morgan fingerprint density at radius 2 is 2.22 bits per heavy atom. The first-order valence-corrected chi connectivity index (χ1v) is 7.04. The predicted octanol–water partition coefficient (Wildman–Crippen LogP) is 3.24. The van der Waals surface area contributed by atoms with Gasteiger partial charge in [-0.25, -0.2) is 0 Å². The molecular formula is C13H17BrClNO2. The third kappa shape index (κ3) is 4.26. The van der Waals surface area contributed by atoms with Crippen molar-refractivity contribution in [2.24, 2.45) is 5.92 Å². The molecule has 2 N–H and O–H groups in total. The van der Waals surface area contributed by atoms with E-state index in [1.165, 1.54) is 0 Å². The van der Waals surface area contributed by atoms with Gasteiger partial charge in [0.05, 0.1) is 11.7 Å². The van der Waals surface area contributed by atoms with Crippen LogP contribution < -0.4 is 5.32 Å². The Morgan fingerprint density at radius 3 is 2.78 bits per heavy atom. The zero-order chi connectivity index (χ0) is 13.7. The third-order valence-electron chi connectivity index (χ3n) is 2.95. The van der Waals surface area contributed by atoms with Crippen LogP contribution in [0.4, 0.5) is 0 Å². The molecule has 18 heavy (non-hydrogen) atoms. The number of aliphatic hydroxyl groups is 1. The summed E-state index contributed by atoms with van der Waals surface area (Å²) in [6, 6.07) is 4.98. The summed E-state index contributed by atoms with van der Waals surface area (Å²) in [5.74, 6) is -0.0557. The number of carbonyl (C=O) groups is 1. The number of halogens is 2. The van der Waals surface area contributed by atoms with E-state index in [0.717, 1.165) is 6.42 Å². The Labute approximate surface area is 121 Å². The van der Waals surface area contributed by atoms with E-state index in [0.29, 0.717) is 15.1 Å². The van der Waals surface area contributed by atoms with Crippen molar-refractivity contribution in [3.05, 3.63) is 33.3 Å². The molecule has 100 valence electrons. The number of hydrogen-bond acceptors (Lipinski definition) is 2. The first-order chi connectivity index (χ1) is 8.45. The Hall–Kier alpha value is -0.580. The Balaban J connectivity index is 2.60. The summed E-state index contributed by atoms with van der Waals surface area (Å²) >= 11 is 9.10.